The summed E-state index contributed by atoms with van der Waals surface area (Å²) in [6, 6.07) is 5.92. The fraction of sp³-hybridized carbons (Fsp3) is 0.533. The van der Waals surface area contributed by atoms with Crippen LogP contribution in [0.2, 0.25) is 5.02 Å². The van der Waals surface area contributed by atoms with Gasteiger partial charge in [0, 0.05) is 11.6 Å². The molecular formula is C15H19ClN2S. The molecule has 2 unspecified atom stereocenters. The Kier molecular flexibility index (Phi) is 3.68. The van der Waals surface area contributed by atoms with Gasteiger partial charge in [-0.25, -0.2) is 0 Å². The number of benzene rings is 1. The van der Waals surface area contributed by atoms with E-state index in [2.05, 4.69) is 16.5 Å². The number of nitrogens with zero attached hydrogens (tertiary/aromatic N) is 1. The SMILES string of the molecule is CC1CCCC(Cn2c(=S)[nH]c3ccc(Cl)cc32)C1. The number of hydrogen-bond acceptors (Lipinski definition) is 1. The van der Waals surface area contributed by atoms with Crippen LogP contribution < -0.4 is 0 Å². The molecule has 0 amide bonds. The summed E-state index contributed by atoms with van der Waals surface area (Å²) in [5, 5.41) is 0.771. The van der Waals surface area contributed by atoms with Crippen LogP contribution in [0.5, 0.6) is 0 Å². The first-order valence-electron chi connectivity index (χ1n) is 7.01. The van der Waals surface area contributed by atoms with Crippen molar-refractivity contribution in [3.05, 3.63) is 28.0 Å². The largest absolute Gasteiger partial charge is 0.331 e. The summed E-state index contributed by atoms with van der Waals surface area (Å²) in [6.45, 7) is 3.38. The standard InChI is InChI=1S/C15H19ClN2S/c1-10-3-2-4-11(7-10)9-18-14-8-12(16)5-6-13(14)17-15(18)19/h5-6,8,10-11H,2-4,7,9H2,1H3,(H,17,19). The van der Waals surface area contributed by atoms with Gasteiger partial charge in [-0.2, -0.15) is 0 Å². The van der Waals surface area contributed by atoms with Crippen molar-refractivity contribution >= 4 is 34.9 Å². The topological polar surface area (TPSA) is 20.7 Å². The highest BCUT2D eigenvalue weighted by Crippen LogP contribution is 2.31. The molecule has 4 heteroatoms. The first-order chi connectivity index (χ1) is 9.13. The third-order valence-corrected chi connectivity index (χ3v) is 4.78. The zero-order valence-electron chi connectivity index (χ0n) is 11.2. The van der Waals surface area contributed by atoms with Crippen LogP contribution in [0, 0.1) is 16.6 Å². The Hall–Kier alpha value is -0.800. The Morgan fingerprint density at radius 1 is 1.42 bits per heavy atom. The molecule has 1 aromatic heterocycles. The van der Waals surface area contributed by atoms with Gasteiger partial charge in [-0.15, -0.1) is 0 Å². The highest BCUT2D eigenvalue weighted by atomic mass is 35.5. The summed E-state index contributed by atoms with van der Waals surface area (Å²) < 4.78 is 3.04. The minimum atomic E-state index is 0.744. The zero-order chi connectivity index (χ0) is 13.4. The average Bonchev–Trinajstić information content (AvgIpc) is 2.66. The fourth-order valence-electron chi connectivity index (χ4n) is 3.29. The summed E-state index contributed by atoms with van der Waals surface area (Å²) in [7, 11) is 0. The molecule has 2 aromatic rings. The fourth-order valence-corrected chi connectivity index (χ4v) is 3.74. The van der Waals surface area contributed by atoms with Crippen molar-refractivity contribution in [2.45, 2.75) is 39.2 Å². The molecule has 1 aromatic carbocycles. The van der Waals surface area contributed by atoms with E-state index in [1.165, 1.54) is 25.7 Å². The van der Waals surface area contributed by atoms with E-state index in [-0.39, 0.29) is 0 Å². The predicted octanol–water partition coefficient (Wildman–Crippen LogP) is 5.18. The summed E-state index contributed by atoms with van der Waals surface area (Å²) in [5.41, 5.74) is 2.22. The molecule has 3 rings (SSSR count). The van der Waals surface area contributed by atoms with Crippen molar-refractivity contribution in [3.8, 4) is 0 Å². The van der Waals surface area contributed by atoms with Crippen LogP contribution in [-0.2, 0) is 6.54 Å². The molecule has 2 nitrogen and oxygen atoms in total. The van der Waals surface area contributed by atoms with Gasteiger partial charge in [0.25, 0.3) is 0 Å². The molecule has 19 heavy (non-hydrogen) atoms. The Labute approximate surface area is 123 Å². The summed E-state index contributed by atoms with van der Waals surface area (Å²) >= 11 is 11.6. The Bertz CT molecular complexity index is 643. The van der Waals surface area contributed by atoms with Crippen molar-refractivity contribution < 1.29 is 0 Å². The third kappa shape index (κ3) is 2.72. The lowest BCUT2D eigenvalue weighted by atomic mass is 9.82. The predicted molar refractivity (Wildman–Crippen MR) is 83.3 cm³/mol. The van der Waals surface area contributed by atoms with Crippen LogP contribution in [0.4, 0.5) is 0 Å². The number of nitrogens with one attached hydrogen (secondary N) is 1. The smallest absolute Gasteiger partial charge is 0.178 e. The molecule has 1 aliphatic carbocycles. The van der Waals surface area contributed by atoms with E-state index in [1.54, 1.807) is 0 Å². The lowest BCUT2D eigenvalue weighted by Crippen LogP contribution is -2.18. The van der Waals surface area contributed by atoms with E-state index in [0.29, 0.717) is 0 Å². The van der Waals surface area contributed by atoms with Crippen LogP contribution in [0.25, 0.3) is 11.0 Å². The van der Waals surface area contributed by atoms with Crippen LogP contribution >= 0.6 is 23.8 Å². The number of fused-ring (bicyclic) bond motifs is 1. The number of imidazole rings is 1. The maximum atomic E-state index is 6.10. The van der Waals surface area contributed by atoms with Crippen LogP contribution in [-0.4, -0.2) is 9.55 Å². The van der Waals surface area contributed by atoms with E-state index in [1.807, 2.05) is 18.2 Å². The van der Waals surface area contributed by atoms with Gasteiger partial charge in [0.2, 0.25) is 0 Å². The molecule has 1 saturated carbocycles. The van der Waals surface area contributed by atoms with Gasteiger partial charge in [-0.05, 0) is 55.1 Å². The number of halogens is 1. The second-order valence-electron chi connectivity index (χ2n) is 5.84. The maximum Gasteiger partial charge on any atom is 0.178 e. The maximum absolute atomic E-state index is 6.10. The van der Waals surface area contributed by atoms with E-state index >= 15 is 0 Å². The van der Waals surface area contributed by atoms with Crippen molar-refractivity contribution in [3.63, 3.8) is 0 Å². The summed E-state index contributed by atoms with van der Waals surface area (Å²) in [5.74, 6) is 1.59. The number of rotatable bonds is 2. The number of H-pyrrole nitrogens is 1. The first kappa shape index (κ1) is 13.2. The lowest BCUT2D eigenvalue weighted by molar-refractivity contribution is 0.258. The van der Waals surface area contributed by atoms with E-state index < -0.39 is 0 Å². The molecule has 2 atom stereocenters. The van der Waals surface area contributed by atoms with Crippen molar-refractivity contribution in [1.29, 1.82) is 0 Å². The molecular weight excluding hydrogens is 276 g/mol. The molecule has 102 valence electrons. The zero-order valence-corrected chi connectivity index (χ0v) is 12.7. The van der Waals surface area contributed by atoms with Gasteiger partial charge in [0.05, 0.1) is 11.0 Å². The second kappa shape index (κ2) is 5.29. The normalized spacial score (nSPS) is 23.9. The molecule has 0 saturated heterocycles. The lowest BCUT2D eigenvalue weighted by Gasteiger charge is -2.27. The van der Waals surface area contributed by atoms with Crippen LogP contribution in [0.3, 0.4) is 0 Å². The van der Waals surface area contributed by atoms with Gasteiger partial charge in [-0.3, -0.25) is 0 Å². The second-order valence-corrected chi connectivity index (χ2v) is 6.66. The molecule has 0 bridgehead atoms. The highest BCUT2D eigenvalue weighted by molar-refractivity contribution is 7.71. The van der Waals surface area contributed by atoms with Crippen LogP contribution in [0.1, 0.15) is 32.6 Å². The van der Waals surface area contributed by atoms with Gasteiger partial charge in [0.15, 0.2) is 4.77 Å². The van der Waals surface area contributed by atoms with E-state index in [4.69, 9.17) is 23.8 Å². The number of aromatic amines is 1. The van der Waals surface area contributed by atoms with E-state index in [0.717, 1.165) is 39.2 Å². The quantitative estimate of drug-likeness (QED) is 0.757. The third-order valence-electron chi connectivity index (χ3n) is 4.22. The molecule has 1 fully saturated rings. The minimum Gasteiger partial charge on any atom is -0.331 e. The summed E-state index contributed by atoms with van der Waals surface area (Å²) in [6.07, 6.45) is 5.36. The number of hydrogen-bond donors (Lipinski definition) is 1. The average molecular weight is 295 g/mol. The van der Waals surface area contributed by atoms with Gasteiger partial charge in [-0.1, -0.05) is 31.4 Å². The summed E-state index contributed by atoms with van der Waals surface area (Å²) in [4.78, 5) is 3.27. The van der Waals surface area contributed by atoms with Crippen molar-refractivity contribution in [1.82, 2.24) is 9.55 Å². The van der Waals surface area contributed by atoms with Crippen LogP contribution in [0.15, 0.2) is 18.2 Å². The van der Waals surface area contributed by atoms with Crippen molar-refractivity contribution in [2.24, 2.45) is 11.8 Å². The minimum absolute atomic E-state index is 0.744. The molecule has 0 radical (unpaired) electrons. The Morgan fingerprint density at radius 2 is 2.26 bits per heavy atom. The van der Waals surface area contributed by atoms with Gasteiger partial charge < -0.3 is 9.55 Å². The number of aromatic nitrogens is 2. The Morgan fingerprint density at radius 3 is 3.05 bits per heavy atom. The first-order valence-corrected chi connectivity index (χ1v) is 7.80. The molecule has 1 aliphatic rings. The molecule has 0 aliphatic heterocycles. The van der Waals surface area contributed by atoms with Gasteiger partial charge in [0.1, 0.15) is 0 Å². The highest BCUT2D eigenvalue weighted by Gasteiger charge is 2.20. The van der Waals surface area contributed by atoms with E-state index in [9.17, 15) is 0 Å². The molecule has 0 spiro atoms. The van der Waals surface area contributed by atoms with Gasteiger partial charge >= 0.3 is 0 Å². The Balaban J connectivity index is 1.93. The molecule has 1 N–H and O–H groups in total. The molecule has 1 heterocycles. The van der Waals surface area contributed by atoms with Crippen molar-refractivity contribution in [2.75, 3.05) is 0 Å². The monoisotopic (exact) mass is 294 g/mol.